The van der Waals surface area contributed by atoms with Crippen LogP contribution in [0.5, 0.6) is 0 Å². The van der Waals surface area contributed by atoms with Crippen LogP contribution in [0.2, 0.25) is 0 Å². The zero-order valence-electron chi connectivity index (χ0n) is 13.6. The summed E-state index contributed by atoms with van der Waals surface area (Å²) in [4.78, 5) is 28.7. The molecule has 0 aliphatic heterocycles. The molecule has 2 amide bonds. The number of carbonyl (C=O) groups excluding carboxylic acids is 2. The van der Waals surface area contributed by atoms with Crippen molar-refractivity contribution < 1.29 is 9.59 Å². The van der Waals surface area contributed by atoms with Gasteiger partial charge in [-0.2, -0.15) is 0 Å². The van der Waals surface area contributed by atoms with E-state index in [1.165, 1.54) is 10.5 Å². The van der Waals surface area contributed by atoms with Crippen LogP contribution in [-0.2, 0) is 16.1 Å². The Balaban J connectivity index is 2.51. The fourth-order valence-electron chi connectivity index (χ4n) is 1.91. The molecule has 0 heterocycles. The first-order valence-electron chi connectivity index (χ1n) is 6.98. The van der Waals surface area contributed by atoms with E-state index in [4.69, 9.17) is 0 Å². The van der Waals surface area contributed by atoms with Crippen LogP contribution < -0.4 is 0 Å². The maximum absolute atomic E-state index is 12.2. The van der Waals surface area contributed by atoms with Gasteiger partial charge in [-0.25, -0.2) is 0 Å². The molecule has 0 saturated heterocycles. The molecule has 5 nitrogen and oxygen atoms in total. The third-order valence-corrected chi connectivity index (χ3v) is 3.40. The largest absolute Gasteiger partial charge is 0.348 e. The first-order valence-corrected chi connectivity index (χ1v) is 6.98. The van der Waals surface area contributed by atoms with Crippen LogP contribution in [0.4, 0.5) is 0 Å². The highest BCUT2D eigenvalue weighted by Crippen LogP contribution is 2.09. The minimum atomic E-state index is -0.00754. The molecule has 1 rings (SSSR count). The number of hydrogen-bond acceptors (Lipinski definition) is 3. The minimum Gasteiger partial charge on any atom is -0.348 e. The van der Waals surface area contributed by atoms with E-state index in [0.717, 1.165) is 5.56 Å². The monoisotopic (exact) mass is 291 g/mol. The number of amides is 2. The number of aryl methyl sites for hydroxylation is 1. The normalized spacial score (nSPS) is 10.6. The molecular formula is C16H25N3O2. The van der Waals surface area contributed by atoms with E-state index in [2.05, 4.69) is 0 Å². The average molecular weight is 291 g/mol. The molecule has 0 saturated carbocycles. The SMILES string of the molecule is Cc1ccccc1CN(C)C(=O)CN(C)CC(=O)N(C)C. The lowest BCUT2D eigenvalue weighted by atomic mass is 10.1. The number of likely N-dealkylation sites (N-methyl/N-ethyl adjacent to an activating group) is 3. The van der Waals surface area contributed by atoms with Gasteiger partial charge in [-0.15, -0.1) is 0 Å². The van der Waals surface area contributed by atoms with Crippen molar-refractivity contribution in [2.24, 2.45) is 0 Å². The van der Waals surface area contributed by atoms with Gasteiger partial charge in [0, 0.05) is 27.7 Å². The van der Waals surface area contributed by atoms with E-state index in [-0.39, 0.29) is 24.9 Å². The van der Waals surface area contributed by atoms with Crippen LogP contribution in [0.1, 0.15) is 11.1 Å². The average Bonchev–Trinajstić information content (AvgIpc) is 2.40. The molecule has 116 valence electrons. The van der Waals surface area contributed by atoms with Crippen molar-refractivity contribution in [1.29, 1.82) is 0 Å². The Morgan fingerprint density at radius 1 is 0.952 bits per heavy atom. The molecule has 1 aromatic carbocycles. The van der Waals surface area contributed by atoms with Crippen LogP contribution >= 0.6 is 0 Å². The zero-order chi connectivity index (χ0) is 16.0. The lowest BCUT2D eigenvalue weighted by Gasteiger charge is -2.23. The van der Waals surface area contributed by atoms with E-state index < -0.39 is 0 Å². The molecule has 0 N–H and O–H groups in total. The highest BCUT2D eigenvalue weighted by atomic mass is 16.2. The maximum Gasteiger partial charge on any atom is 0.236 e. The summed E-state index contributed by atoms with van der Waals surface area (Å²) >= 11 is 0. The molecule has 0 aliphatic carbocycles. The van der Waals surface area contributed by atoms with Crippen molar-refractivity contribution >= 4 is 11.8 Å². The number of rotatable bonds is 6. The lowest BCUT2D eigenvalue weighted by Crippen LogP contribution is -2.41. The molecular weight excluding hydrogens is 266 g/mol. The minimum absolute atomic E-state index is 0.00677. The first kappa shape index (κ1) is 17.2. The van der Waals surface area contributed by atoms with Crippen molar-refractivity contribution in [3.05, 3.63) is 35.4 Å². The van der Waals surface area contributed by atoms with Gasteiger partial charge in [-0.05, 0) is 25.1 Å². The molecule has 21 heavy (non-hydrogen) atoms. The van der Waals surface area contributed by atoms with Gasteiger partial charge in [-0.3, -0.25) is 14.5 Å². The summed E-state index contributed by atoms with van der Waals surface area (Å²) in [5, 5.41) is 0. The quantitative estimate of drug-likeness (QED) is 0.784. The highest BCUT2D eigenvalue weighted by molar-refractivity contribution is 5.80. The van der Waals surface area contributed by atoms with Crippen LogP contribution in [0.3, 0.4) is 0 Å². The molecule has 0 radical (unpaired) electrons. The second-order valence-corrected chi connectivity index (χ2v) is 5.64. The molecule has 0 fully saturated rings. The van der Waals surface area contributed by atoms with E-state index in [1.54, 1.807) is 38.0 Å². The molecule has 0 atom stereocenters. The van der Waals surface area contributed by atoms with Crippen LogP contribution in [-0.4, -0.2) is 67.8 Å². The second kappa shape index (κ2) is 7.78. The maximum atomic E-state index is 12.2. The predicted octanol–water partition coefficient (Wildman–Crippen LogP) is 0.973. The number of benzene rings is 1. The van der Waals surface area contributed by atoms with Gasteiger partial charge in [0.25, 0.3) is 0 Å². The topological polar surface area (TPSA) is 43.9 Å². The number of carbonyl (C=O) groups is 2. The smallest absolute Gasteiger partial charge is 0.236 e. The summed E-state index contributed by atoms with van der Waals surface area (Å²) in [7, 11) is 6.99. The summed E-state index contributed by atoms with van der Waals surface area (Å²) in [6, 6.07) is 8.03. The Morgan fingerprint density at radius 2 is 1.52 bits per heavy atom. The van der Waals surface area contributed by atoms with Gasteiger partial charge in [0.2, 0.25) is 11.8 Å². The van der Waals surface area contributed by atoms with E-state index >= 15 is 0 Å². The van der Waals surface area contributed by atoms with Gasteiger partial charge in [0.1, 0.15) is 0 Å². The molecule has 0 bridgehead atoms. The lowest BCUT2D eigenvalue weighted by molar-refractivity contribution is -0.133. The fourth-order valence-corrected chi connectivity index (χ4v) is 1.91. The van der Waals surface area contributed by atoms with E-state index in [0.29, 0.717) is 6.54 Å². The summed E-state index contributed by atoms with van der Waals surface area (Å²) in [6.45, 7) is 3.11. The third-order valence-electron chi connectivity index (χ3n) is 3.40. The summed E-state index contributed by atoms with van der Waals surface area (Å²) in [5.74, 6) is -0.000772. The first-order chi connectivity index (χ1) is 9.81. The van der Waals surface area contributed by atoms with Gasteiger partial charge in [0.15, 0.2) is 0 Å². The Morgan fingerprint density at radius 3 is 2.10 bits per heavy atom. The molecule has 5 heteroatoms. The van der Waals surface area contributed by atoms with Gasteiger partial charge < -0.3 is 9.80 Å². The van der Waals surface area contributed by atoms with Crippen LogP contribution in [0.25, 0.3) is 0 Å². The van der Waals surface area contributed by atoms with Crippen molar-refractivity contribution in [2.75, 3.05) is 41.3 Å². The third kappa shape index (κ3) is 5.55. The summed E-state index contributed by atoms with van der Waals surface area (Å²) in [6.07, 6.45) is 0. The molecule has 0 spiro atoms. The number of nitrogens with zero attached hydrogens (tertiary/aromatic N) is 3. The van der Waals surface area contributed by atoms with Crippen molar-refractivity contribution in [1.82, 2.24) is 14.7 Å². The molecule has 0 aliphatic rings. The van der Waals surface area contributed by atoms with Crippen molar-refractivity contribution in [2.45, 2.75) is 13.5 Å². The fraction of sp³-hybridized carbons (Fsp3) is 0.500. The molecule has 1 aromatic rings. The van der Waals surface area contributed by atoms with Gasteiger partial charge >= 0.3 is 0 Å². The predicted molar refractivity (Wildman–Crippen MR) is 83.8 cm³/mol. The zero-order valence-corrected chi connectivity index (χ0v) is 13.6. The Bertz CT molecular complexity index is 500. The highest BCUT2D eigenvalue weighted by Gasteiger charge is 2.15. The Hall–Kier alpha value is -1.88. The Labute approximate surface area is 127 Å². The summed E-state index contributed by atoms with van der Waals surface area (Å²) in [5.41, 5.74) is 2.31. The van der Waals surface area contributed by atoms with Crippen molar-refractivity contribution in [3.63, 3.8) is 0 Å². The van der Waals surface area contributed by atoms with E-state index in [1.807, 2.05) is 31.2 Å². The second-order valence-electron chi connectivity index (χ2n) is 5.64. The van der Waals surface area contributed by atoms with Crippen molar-refractivity contribution in [3.8, 4) is 0 Å². The number of hydrogen-bond donors (Lipinski definition) is 0. The van der Waals surface area contributed by atoms with Crippen LogP contribution in [0.15, 0.2) is 24.3 Å². The van der Waals surface area contributed by atoms with Gasteiger partial charge in [-0.1, -0.05) is 24.3 Å². The molecule has 0 unspecified atom stereocenters. The standard InChI is InChI=1S/C16H25N3O2/c1-13-8-6-7-9-14(13)10-19(5)16(21)12-18(4)11-15(20)17(2)3/h6-9H,10-12H2,1-5H3. The molecule has 0 aromatic heterocycles. The van der Waals surface area contributed by atoms with Gasteiger partial charge in [0.05, 0.1) is 13.1 Å². The van der Waals surface area contributed by atoms with Crippen LogP contribution in [0, 0.1) is 6.92 Å². The summed E-state index contributed by atoms with van der Waals surface area (Å²) < 4.78 is 0. The Kier molecular flexibility index (Phi) is 6.37. The van der Waals surface area contributed by atoms with E-state index in [9.17, 15) is 9.59 Å².